The number of benzene rings is 1. The molecule has 0 aromatic heterocycles. The minimum absolute atomic E-state index is 0.0998. The molecular weight excluding hydrogens is 240 g/mol. The van der Waals surface area contributed by atoms with Gasteiger partial charge in [-0.2, -0.15) is 0 Å². The van der Waals surface area contributed by atoms with Crippen molar-refractivity contribution in [2.75, 3.05) is 6.54 Å². The van der Waals surface area contributed by atoms with Crippen LogP contribution in [-0.4, -0.2) is 18.6 Å². The van der Waals surface area contributed by atoms with Crippen molar-refractivity contribution in [2.45, 2.75) is 32.4 Å². The van der Waals surface area contributed by atoms with Crippen molar-refractivity contribution in [1.82, 2.24) is 5.32 Å². The number of carbonyl (C=O) groups is 1. The molecule has 1 aromatic rings. The number of para-hydroxylation sites is 1. The van der Waals surface area contributed by atoms with Gasteiger partial charge in [-0.25, -0.2) is 0 Å². The number of ether oxygens (including phenoxy) is 1. The highest BCUT2D eigenvalue weighted by molar-refractivity contribution is 5.80. The van der Waals surface area contributed by atoms with Crippen LogP contribution in [0, 0.1) is 12.3 Å². The molecule has 0 saturated carbocycles. The van der Waals surface area contributed by atoms with Crippen LogP contribution in [0.1, 0.15) is 31.9 Å². The van der Waals surface area contributed by atoms with Crippen LogP contribution in [0.15, 0.2) is 24.3 Å². The molecular formula is C15H20N2O2. The Balaban J connectivity index is 2.76. The number of nitrogens with two attached hydrogens (primary N) is 1. The third-order valence-corrected chi connectivity index (χ3v) is 2.80. The molecule has 0 spiro atoms. The van der Waals surface area contributed by atoms with E-state index in [0.29, 0.717) is 5.75 Å². The third kappa shape index (κ3) is 4.31. The second kappa shape index (κ2) is 7.45. The molecule has 0 aliphatic rings. The lowest BCUT2D eigenvalue weighted by Crippen LogP contribution is -2.36. The first-order valence-corrected chi connectivity index (χ1v) is 6.32. The van der Waals surface area contributed by atoms with Gasteiger partial charge in [0, 0.05) is 11.6 Å². The van der Waals surface area contributed by atoms with Gasteiger partial charge in [-0.1, -0.05) is 31.0 Å². The van der Waals surface area contributed by atoms with Gasteiger partial charge in [0.2, 0.25) is 0 Å². The number of terminal acetylenes is 1. The molecule has 1 aromatic carbocycles. The van der Waals surface area contributed by atoms with Gasteiger partial charge >= 0.3 is 0 Å². The Morgan fingerprint density at radius 2 is 2.21 bits per heavy atom. The molecule has 4 heteroatoms. The Labute approximate surface area is 114 Å². The third-order valence-electron chi connectivity index (χ3n) is 2.80. The summed E-state index contributed by atoms with van der Waals surface area (Å²) in [5.74, 6) is 2.75. The zero-order valence-corrected chi connectivity index (χ0v) is 11.3. The number of amides is 1. The van der Waals surface area contributed by atoms with Crippen molar-refractivity contribution in [3.05, 3.63) is 29.8 Å². The molecule has 0 fully saturated rings. The Hall–Kier alpha value is -1.99. The number of hydrogen-bond acceptors (Lipinski definition) is 3. The SMILES string of the molecule is C#CCNC(=O)C(C)Oc1ccccc1[C@@H](N)CC. The quantitative estimate of drug-likeness (QED) is 0.764. The molecule has 1 amide bonds. The van der Waals surface area contributed by atoms with Crippen molar-refractivity contribution >= 4 is 5.91 Å². The molecule has 4 nitrogen and oxygen atoms in total. The summed E-state index contributed by atoms with van der Waals surface area (Å²) in [6.07, 6.45) is 5.28. The van der Waals surface area contributed by atoms with Crippen LogP contribution < -0.4 is 15.8 Å². The molecule has 0 aliphatic carbocycles. The normalized spacial score (nSPS) is 13.2. The molecule has 0 saturated heterocycles. The molecule has 0 aliphatic heterocycles. The van der Waals surface area contributed by atoms with Gasteiger partial charge in [-0.3, -0.25) is 4.79 Å². The van der Waals surface area contributed by atoms with E-state index in [9.17, 15) is 4.79 Å². The monoisotopic (exact) mass is 260 g/mol. The fraction of sp³-hybridized carbons (Fsp3) is 0.400. The van der Waals surface area contributed by atoms with Crippen molar-refractivity contribution in [2.24, 2.45) is 5.73 Å². The zero-order valence-electron chi connectivity index (χ0n) is 11.3. The van der Waals surface area contributed by atoms with Crippen LogP contribution in [0.25, 0.3) is 0 Å². The van der Waals surface area contributed by atoms with Gasteiger partial charge < -0.3 is 15.8 Å². The molecule has 0 bridgehead atoms. The fourth-order valence-corrected chi connectivity index (χ4v) is 1.64. The van der Waals surface area contributed by atoms with Crippen LogP contribution in [0.3, 0.4) is 0 Å². The predicted molar refractivity (Wildman–Crippen MR) is 75.6 cm³/mol. The lowest BCUT2D eigenvalue weighted by atomic mass is 10.0. The van der Waals surface area contributed by atoms with Crippen molar-refractivity contribution in [3.63, 3.8) is 0 Å². The first-order valence-electron chi connectivity index (χ1n) is 6.32. The molecule has 2 atom stereocenters. The van der Waals surface area contributed by atoms with Gasteiger partial charge in [0.25, 0.3) is 5.91 Å². The average molecular weight is 260 g/mol. The van der Waals surface area contributed by atoms with Crippen molar-refractivity contribution in [3.8, 4) is 18.1 Å². The van der Waals surface area contributed by atoms with Crippen LogP contribution >= 0.6 is 0 Å². The van der Waals surface area contributed by atoms with E-state index in [-0.39, 0.29) is 18.5 Å². The van der Waals surface area contributed by atoms with Crippen LogP contribution in [0.2, 0.25) is 0 Å². The molecule has 1 unspecified atom stereocenters. The van der Waals surface area contributed by atoms with E-state index in [1.54, 1.807) is 6.92 Å². The summed E-state index contributed by atoms with van der Waals surface area (Å²) >= 11 is 0. The molecule has 1 rings (SSSR count). The molecule has 3 N–H and O–H groups in total. The molecule has 0 heterocycles. The summed E-state index contributed by atoms with van der Waals surface area (Å²) < 4.78 is 5.67. The van der Waals surface area contributed by atoms with Crippen molar-refractivity contribution < 1.29 is 9.53 Å². The predicted octanol–water partition coefficient (Wildman–Crippen LogP) is 1.61. The summed E-state index contributed by atoms with van der Waals surface area (Å²) in [5, 5.41) is 2.58. The number of carbonyl (C=O) groups excluding carboxylic acids is 1. The lowest BCUT2D eigenvalue weighted by Gasteiger charge is -2.19. The van der Waals surface area contributed by atoms with Gasteiger partial charge in [-0.05, 0) is 19.4 Å². The molecule has 102 valence electrons. The van der Waals surface area contributed by atoms with Gasteiger partial charge in [0.1, 0.15) is 5.75 Å². The van der Waals surface area contributed by atoms with Gasteiger partial charge in [-0.15, -0.1) is 6.42 Å². The summed E-state index contributed by atoms with van der Waals surface area (Å²) in [4.78, 5) is 11.7. The van der Waals surface area contributed by atoms with Crippen LogP contribution in [0.5, 0.6) is 5.75 Å². The topological polar surface area (TPSA) is 64.3 Å². The largest absolute Gasteiger partial charge is 0.481 e. The summed E-state index contributed by atoms with van der Waals surface area (Å²) in [6, 6.07) is 7.39. The minimum Gasteiger partial charge on any atom is -0.481 e. The van der Waals surface area contributed by atoms with E-state index in [2.05, 4.69) is 11.2 Å². The summed E-state index contributed by atoms with van der Waals surface area (Å²) in [5.41, 5.74) is 6.92. The number of hydrogen-bond donors (Lipinski definition) is 2. The molecule has 0 radical (unpaired) electrons. The lowest BCUT2D eigenvalue weighted by molar-refractivity contribution is -0.127. The van der Waals surface area contributed by atoms with Crippen LogP contribution in [0.4, 0.5) is 0 Å². The first-order chi connectivity index (χ1) is 9.10. The molecule has 19 heavy (non-hydrogen) atoms. The Kier molecular flexibility index (Phi) is 5.91. The minimum atomic E-state index is -0.612. The highest BCUT2D eigenvalue weighted by Gasteiger charge is 2.17. The summed E-state index contributed by atoms with van der Waals surface area (Å²) in [6.45, 7) is 3.88. The smallest absolute Gasteiger partial charge is 0.261 e. The fourth-order valence-electron chi connectivity index (χ4n) is 1.64. The maximum atomic E-state index is 11.7. The highest BCUT2D eigenvalue weighted by Crippen LogP contribution is 2.26. The zero-order chi connectivity index (χ0) is 14.3. The average Bonchev–Trinajstić information content (AvgIpc) is 2.44. The standard InChI is InChI=1S/C15H20N2O2/c1-4-10-17-15(18)11(3)19-14-9-7-6-8-12(14)13(16)5-2/h1,6-9,11,13H,5,10,16H2,2-3H3,(H,17,18)/t11?,13-/m0/s1. The maximum Gasteiger partial charge on any atom is 0.261 e. The first kappa shape index (κ1) is 15.1. The van der Waals surface area contributed by atoms with E-state index in [1.165, 1.54) is 0 Å². The maximum absolute atomic E-state index is 11.7. The Morgan fingerprint density at radius 3 is 2.84 bits per heavy atom. The van der Waals surface area contributed by atoms with Gasteiger partial charge in [0.05, 0.1) is 6.54 Å². The van der Waals surface area contributed by atoms with E-state index >= 15 is 0 Å². The summed E-state index contributed by atoms with van der Waals surface area (Å²) in [7, 11) is 0. The van der Waals surface area contributed by atoms with E-state index in [4.69, 9.17) is 16.9 Å². The second-order valence-corrected chi connectivity index (χ2v) is 4.23. The second-order valence-electron chi connectivity index (χ2n) is 4.23. The Bertz CT molecular complexity index is 465. The van der Waals surface area contributed by atoms with E-state index in [1.807, 2.05) is 31.2 Å². The van der Waals surface area contributed by atoms with E-state index < -0.39 is 6.10 Å². The van der Waals surface area contributed by atoms with Crippen LogP contribution in [-0.2, 0) is 4.79 Å². The highest BCUT2D eigenvalue weighted by atomic mass is 16.5. The van der Waals surface area contributed by atoms with E-state index in [0.717, 1.165) is 12.0 Å². The van der Waals surface area contributed by atoms with Crippen molar-refractivity contribution in [1.29, 1.82) is 0 Å². The number of nitrogens with one attached hydrogen (secondary N) is 1. The number of rotatable bonds is 6. The van der Waals surface area contributed by atoms with Gasteiger partial charge in [0.15, 0.2) is 6.10 Å². The Morgan fingerprint density at radius 1 is 1.53 bits per heavy atom.